The van der Waals surface area contributed by atoms with Gasteiger partial charge in [-0.3, -0.25) is 9.48 Å². The van der Waals surface area contributed by atoms with Gasteiger partial charge in [0.05, 0.1) is 12.7 Å². The molecule has 0 radical (unpaired) electrons. The van der Waals surface area contributed by atoms with Crippen LogP contribution < -0.4 is 11.1 Å². The molecule has 0 aliphatic heterocycles. The summed E-state index contributed by atoms with van der Waals surface area (Å²) < 4.78 is 1.73. The molecule has 1 heterocycles. The number of aromatic nitrogens is 3. The molecule has 108 valence electrons. The van der Waals surface area contributed by atoms with Crippen LogP contribution in [0.1, 0.15) is 22.3 Å². The molecule has 0 aliphatic carbocycles. The molecular weight excluding hydrogens is 266 g/mol. The Morgan fingerprint density at radius 3 is 2.81 bits per heavy atom. The van der Waals surface area contributed by atoms with E-state index in [1.54, 1.807) is 29.2 Å². The summed E-state index contributed by atoms with van der Waals surface area (Å²) in [5, 5.41) is 10.4. The predicted octanol–water partition coefficient (Wildman–Crippen LogP) is 0.408. The van der Waals surface area contributed by atoms with Crippen LogP contribution in [0, 0.1) is 11.8 Å². The number of nitrogens with two attached hydrogens (primary N) is 1. The lowest BCUT2D eigenvalue weighted by molar-refractivity contribution is 0.0952. The third-order valence-corrected chi connectivity index (χ3v) is 2.80. The first kappa shape index (κ1) is 14.8. The molecule has 0 saturated carbocycles. The van der Waals surface area contributed by atoms with Crippen molar-refractivity contribution >= 4 is 5.91 Å². The average Bonchev–Trinajstić information content (AvgIpc) is 3.03. The van der Waals surface area contributed by atoms with Gasteiger partial charge in [0.1, 0.15) is 0 Å². The Bertz CT molecular complexity index is 622. The van der Waals surface area contributed by atoms with E-state index < -0.39 is 0 Å². The topological polar surface area (TPSA) is 85.8 Å². The minimum Gasteiger partial charge on any atom is -0.352 e. The number of benzene rings is 1. The highest BCUT2D eigenvalue weighted by molar-refractivity contribution is 5.94. The molecule has 6 heteroatoms. The smallest absolute Gasteiger partial charge is 0.251 e. The molecule has 1 aromatic carbocycles. The van der Waals surface area contributed by atoms with E-state index in [1.807, 2.05) is 12.1 Å². The highest BCUT2D eigenvalue weighted by Gasteiger charge is 2.04. The Kier molecular flexibility index (Phi) is 5.50. The van der Waals surface area contributed by atoms with Crippen LogP contribution in [-0.2, 0) is 6.54 Å². The normalized spacial score (nSPS) is 9.76. The SMILES string of the molecule is NCC#Cc1ccc(C(=O)NCCCn2ccnn2)cc1. The van der Waals surface area contributed by atoms with E-state index in [4.69, 9.17) is 5.73 Å². The van der Waals surface area contributed by atoms with E-state index in [1.165, 1.54) is 0 Å². The minimum atomic E-state index is -0.0908. The van der Waals surface area contributed by atoms with Crippen molar-refractivity contribution in [3.05, 3.63) is 47.8 Å². The number of rotatable bonds is 5. The molecule has 0 atom stereocenters. The van der Waals surface area contributed by atoms with Crippen LogP contribution in [0.15, 0.2) is 36.7 Å². The van der Waals surface area contributed by atoms with Crippen LogP contribution in [0.3, 0.4) is 0 Å². The monoisotopic (exact) mass is 283 g/mol. The first-order chi connectivity index (χ1) is 10.3. The van der Waals surface area contributed by atoms with Crippen molar-refractivity contribution in [1.29, 1.82) is 0 Å². The maximum atomic E-state index is 11.9. The van der Waals surface area contributed by atoms with Crippen molar-refractivity contribution < 1.29 is 4.79 Å². The number of nitrogens with one attached hydrogen (secondary N) is 1. The number of hydrogen-bond donors (Lipinski definition) is 2. The van der Waals surface area contributed by atoms with Gasteiger partial charge in [0, 0.05) is 30.4 Å². The van der Waals surface area contributed by atoms with Gasteiger partial charge >= 0.3 is 0 Å². The largest absolute Gasteiger partial charge is 0.352 e. The molecule has 0 aliphatic rings. The molecule has 2 rings (SSSR count). The lowest BCUT2D eigenvalue weighted by Gasteiger charge is -2.05. The van der Waals surface area contributed by atoms with Gasteiger partial charge in [0.2, 0.25) is 0 Å². The zero-order valence-electron chi connectivity index (χ0n) is 11.6. The zero-order chi connectivity index (χ0) is 14.9. The molecule has 1 aromatic heterocycles. The number of aryl methyl sites for hydroxylation is 1. The Labute approximate surface area is 123 Å². The van der Waals surface area contributed by atoms with Crippen LogP contribution in [0.5, 0.6) is 0 Å². The van der Waals surface area contributed by atoms with Gasteiger partial charge in [-0.1, -0.05) is 17.1 Å². The third kappa shape index (κ3) is 4.75. The van der Waals surface area contributed by atoms with Crippen LogP contribution in [-0.4, -0.2) is 34.0 Å². The Balaban J connectivity index is 1.77. The summed E-state index contributed by atoms with van der Waals surface area (Å²) in [4.78, 5) is 11.9. The van der Waals surface area contributed by atoms with Gasteiger partial charge in [0.15, 0.2) is 0 Å². The fourth-order valence-corrected chi connectivity index (χ4v) is 1.76. The summed E-state index contributed by atoms with van der Waals surface area (Å²) >= 11 is 0. The second-order valence-electron chi connectivity index (χ2n) is 4.36. The highest BCUT2D eigenvalue weighted by Crippen LogP contribution is 2.03. The first-order valence-corrected chi connectivity index (χ1v) is 6.71. The van der Waals surface area contributed by atoms with Crippen LogP contribution in [0.25, 0.3) is 0 Å². The molecule has 0 spiro atoms. The second-order valence-corrected chi connectivity index (χ2v) is 4.36. The fraction of sp³-hybridized carbons (Fsp3) is 0.267. The Morgan fingerprint density at radius 1 is 1.33 bits per heavy atom. The van der Waals surface area contributed by atoms with E-state index in [0.717, 1.165) is 18.5 Å². The first-order valence-electron chi connectivity index (χ1n) is 6.71. The summed E-state index contributed by atoms with van der Waals surface area (Å²) in [7, 11) is 0. The average molecular weight is 283 g/mol. The maximum Gasteiger partial charge on any atom is 0.251 e. The van der Waals surface area contributed by atoms with Gasteiger partial charge in [-0.15, -0.1) is 5.10 Å². The highest BCUT2D eigenvalue weighted by atomic mass is 16.1. The number of carbonyl (C=O) groups excluding carboxylic acids is 1. The summed E-state index contributed by atoms with van der Waals surface area (Å²) in [5.41, 5.74) is 6.78. The van der Waals surface area contributed by atoms with Gasteiger partial charge in [-0.25, -0.2) is 0 Å². The van der Waals surface area contributed by atoms with E-state index in [2.05, 4.69) is 27.5 Å². The molecule has 0 unspecified atom stereocenters. The molecule has 1 amide bonds. The van der Waals surface area contributed by atoms with Gasteiger partial charge in [-0.2, -0.15) is 0 Å². The van der Waals surface area contributed by atoms with Crippen molar-refractivity contribution in [2.24, 2.45) is 5.73 Å². The summed E-state index contributed by atoms with van der Waals surface area (Å²) in [6.07, 6.45) is 4.23. The number of hydrogen-bond acceptors (Lipinski definition) is 4. The number of amides is 1. The minimum absolute atomic E-state index is 0.0908. The molecule has 0 fully saturated rings. The zero-order valence-corrected chi connectivity index (χ0v) is 11.6. The molecule has 6 nitrogen and oxygen atoms in total. The van der Waals surface area contributed by atoms with Crippen molar-refractivity contribution in [3.8, 4) is 11.8 Å². The van der Waals surface area contributed by atoms with Crippen LogP contribution in [0.4, 0.5) is 0 Å². The Morgan fingerprint density at radius 2 is 2.14 bits per heavy atom. The second kappa shape index (κ2) is 7.82. The van der Waals surface area contributed by atoms with Gasteiger partial charge < -0.3 is 11.1 Å². The van der Waals surface area contributed by atoms with Crippen molar-refractivity contribution in [1.82, 2.24) is 20.3 Å². The van der Waals surface area contributed by atoms with Crippen molar-refractivity contribution in [2.75, 3.05) is 13.1 Å². The van der Waals surface area contributed by atoms with Crippen LogP contribution in [0.2, 0.25) is 0 Å². The molecule has 2 aromatic rings. The van der Waals surface area contributed by atoms with Crippen molar-refractivity contribution in [2.45, 2.75) is 13.0 Å². The van der Waals surface area contributed by atoms with Crippen molar-refractivity contribution in [3.63, 3.8) is 0 Å². The number of nitrogens with zero attached hydrogens (tertiary/aromatic N) is 3. The van der Waals surface area contributed by atoms with Gasteiger partial charge in [0.25, 0.3) is 5.91 Å². The quantitative estimate of drug-likeness (QED) is 0.614. The van der Waals surface area contributed by atoms with E-state index in [-0.39, 0.29) is 5.91 Å². The molecule has 21 heavy (non-hydrogen) atoms. The lowest BCUT2D eigenvalue weighted by atomic mass is 10.1. The summed E-state index contributed by atoms with van der Waals surface area (Å²) in [6, 6.07) is 7.14. The fourth-order valence-electron chi connectivity index (χ4n) is 1.76. The van der Waals surface area contributed by atoms with E-state index in [9.17, 15) is 4.79 Å². The predicted molar refractivity (Wildman–Crippen MR) is 79.3 cm³/mol. The maximum absolute atomic E-state index is 11.9. The van der Waals surface area contributed by atoms with Crippen LogP contribution >= 0.6 is 0 Å². The molecule has 0 bridgehead atoms. The third-order valence-electron chi connectivity index (χ3n) is 2.80. The van der Waals surface area contributed by atoms with E-state index >= 15 is 0 Å². The van der Waals surface area contributed by atoms with E-state index in [0.29, 0.717) is 18.7 Å². The number of carbonyl (C=O) groups is 1. The summed E-state index contributed by atoms with van der Waals surface area (Å²) in [6.45, 7) is 1.65. The lowest BCUT2D eigenvalue weighted by Crippen LogP contribution is -2.25. The molecule has 0 saturated heterocycles. The van der Waals surface area contributed by atoms with Gasteiger partial charge in [-0.05, 0) is 30.7 Å². The molecular formula is C15H17N5O. The molecule has 3 N–H and O–H groups in total. The summed E-state index contributed by atoms with van der Waals surface area (Å²) in [5.74, 6) is 5.60. The Hall–Kier alpha value is -2.65. The standard InChI is InChI=1S/C15H17N5O/c16-8-1-3-13-4-6-14(7-5-13)15(21)17-9-2-11-20-12-10-18-19-20/h4-7,10,12H,2,8-9,11,16H2,(H,17,21).